The summed E-state index contributed by atoms with van der Waals surface area (Å²) < 4.78 is 22.9. The fraction of sp³-hybridized carbons (Fsp3) is 0.682. The van der Waals surface area contributed by atoms with Gasteiger partial charge in [0.15, 0.2) is 12.2 Å². The van der Waals surface area contributed by atoms with E-state index in [2.05, 4.69) is 15.9 Å². The van der Waals surface area contributed by atoms with Crippen molar-refractivity contribution in [3.63, 3.8) is 0 Å². The first-order valence-corrected chi connectivity index (χ1v) is 11.4. The first-order valence-electron chi connectivity index (χ1n) is 10.6. The molecule has 0 bridgehead atoms. The molecule has 0 unspecified atom stereocenters. The number of aliphatic hydroxyl groups is 1. The molecule has 32 heavy (non-hydrogen) atoms. The van der Waals surface area contributed by atoms with Gasteiger partial charge < -0.3 is 23.7 Å². The zero-order valence-corrected chi connectivity index (χ0v) is 20.9. The van der Waals surface area contributed by atoms with Crippen LogP contribution in [0.4, 0.5) is 4.79 Å². The summed E-state index contributed by atoms with van der Waals surface area (Å²) in [6, 6.07) is 1.09. The van der Waals surface area contributed by atoms with E-state index >= 15 is 0 Å². The molecule has 2 amide bonds. The SMILES string of the molecule is CO[C@@H](C(=O)N1C(=O)OC(C)(C)[C@H]1C(C)C)[C@@H](OC(C)=O)c1cc(Br)c(CCCCO)o1. The molecule has 9 nitrogen and oxygen atoms in total. The van der Waals surface area contributed by atoms with Crippen LogP contribution in [-0.4, -0.2) is 59.4 Å². The van der Waals surface area contributed by atoms with Crippen LogP contribution in [0.5, 0.6) is 0 Å². The number of imide groups is 1. The van der Waals surface area contributed by atoms with Crippen molar-refractivity contribution in [3.05, 3.63) is 22.1 Å². The predicted molar refractivity (Wildman–Crippen MR) is 118 cm³/mol. The van der Waals surface area contributed by atoms with Crippen molar-refractivity contribution in [2.24, 2.45) is 5.92 Å². The van der Waals surface area contributed by atoms with Crippen LogP contribution in [0.25, 0.3) is 0 Å². The maximum absolute atomic E-state index is 13.5. The Kier molecular flexibility index (Phi) is 8.90. The number of nitrogens with zero attached hydrogens (tertiary/aromatic N) is 1. The Hall–Kier alpha value is -1.91. The molecular formula is C22H32BrNO8. The number of carbonyl (C=O) groups excluding carboxylic acids is 3. The number of halogens is 1. The van der Waals surface area contributed by atoms with Gasteiger partial charge in [-0.05, 0) is 54.6 Å². The van der Waals surface area contributed by atoms with Crippen molar-refractivity contribution in [2.75, 3.05) is 13.7 Å². The van der Waals surface area contributed by atoms with Gasteiger partial charge in [-0.1, -0.05) is 13.8 Å². The highest BCUT2D eigenvalue weighted by atomic mass is 79.9. The third-order valence-corrected chi connectivity index (χ3v) is 6.01. The molecule has 1 fully saturated rings. The minimum absolute atomic E-state index is 0.0702. The molecule has 0 aromatic carbocycles. The van der Waals surface area contributed by atoms with E-state index in [0.717, 1.165) is 4.90 Å². The van der Waals surface area contributed by atoms with E-state index in [1.54, 1.807) is 19.9 Å². The molecule has 1 saturated heterocycles. The molecule has 0 saturated carbocycles. The Bertz CT molecular complexity index is 834. The molecular weight excluding hydrogens is 486 g/mol. The second kappa shape index (κ2) is 10.8. The highest BCUT2D eigenvalue weighted by Crippen LogP contribution is 2.37. The summed E-state index contributed by atoms with van der Waals surface area (Å²) >= 11 is 3.42. The van der Waals surface area contributed by atoms with Gasteiger partial charge in [-0.15, -0.1) is 0 Å². The lowest BCUT2D eigenvalue weighted by Crippen LogP contribution is -2.52. The fourth-order valence-electron chi connectivity index (χ4n) is 4.16. The van der Waals surface area contributed by atoms with Crippen LogP contribution >= 0.6 is 15.9 Å². The average molecular weight is 518 g/mol. The molecule has 0 radical (unpaired) electrons. The van der Waals surface area contributed by atoms with Crippen LogP contribution in [0, 0.1) is 5.92 Å². The second-order valence-corrected chi connectivity index (χ2v) is 9.51. The number of amides is 2. The minimum atomic E-state index is -1.33. The molecule has 1 aromatic heterocycles. The molecule has 0 aliphatic carbocycles. The number of hydrogen-bond donors (Lipinski definition) is 1. The average Bonchev–Trinajstić information content (AvgIpc) is 3.16. The summed E-state index contributed by atoms with van der Waals surface area (Å²) in [6.45, 7) is 8.56. The van der Waals surface area contributed by atoms with Crippen molar-refractivity contribution in [1.82, 2.24) is 4.90 Å². The molecule has 180 valence electrons. The largest absolute Gasteiger partial charge is 0.461 e. The van der Waals surface area contributed by atoms with E-state index in [9.17, 15) is 14.4 Å². The number of aryl methyl sites for hydroxylation is 1. The lowest BCUT2D eigenvalue weighted by Gasteiger charge is -2.33. The molecule has 1 aliphatic heterocycles. The predicted octanol–water partition coefficient (Wildman–Crippen LogP) is 3.76. The molecule has 3 atom stereocenters. The number of aliphatic hydroxyl groups excluding tert-OH is 1. The fourth-order valence-corrected chi connectivity index (χ4v) is 4.66. The van der Waals surface area contributed by atoms with Gasteiger partial charge in [0, 0.05) is 27.1 Å². The molecule has 1 aromatic rings. The summed E-state index contributed by atoms with van der Waals surface area (Å²) in [5, 5.41) is 9.00. The van der Waals surface area contributed by atoms with Crippen LogP contribution in [0.3, 0.4) is 0 Å². The number of cyclic esters (lactones) is 1. The Morgan fingerprint density at radius 1 is 1.31 bits per heavy atom. The first kappa shape index (κ1) is 26.3. The third-order valence-electron chi connectivity index (χ3n) is 5.34. The van der Waals surface area contributed by atoms with Crippen molar-refractivity contribution in [3.8, 4) is 0 Å². The van der Waals surface area contributed by atoms with Gasteiger partial charge in [0.2, 0.25) is 0 Å². The monoisotopic (exact) mass is 517 g/mol. The van der Waals surface area contributed by atoms with Crippen LogP contribution in [-0.2, 0) is 30.2 Å². The minimum Gasteiger partial charge on any atom is -0.461 e. The van der Waals surface area contributed by atoms with Crippen LogP contribution in [0.2, 0.25) is 0 Å². The second-order valence-electron chi connectivity index (χ2n) is 8.66. The van der Waals surface area contributed by atoms with Gasteiger partial charge >= 0.3 is 12.1 Å². The molecule has 10 heteroatoms. The summed E-state index contributed by atoms with van der Waals surface area (Å²) in [5.74, 6) is -0.596. The highest BCUT2D eigenvalue weighted by Gasteiger charge is 2.54. The van der Waals surface area contributed by atoms with E-state index in [-0.39, 0.29) is 18.3 Å². The molecule has 0 spiro atoms. The summed E-state index contributed by atoms with van der Waals surface area (Å²) in [7, 11) is 1.30. The lowest BCUT2D eigenvalue weighted by atomic mass is 9.88. The topological polar surface area (TPSA) is 116 Å². The van der Waals surface area contributed by atoms with Crippen molar-refractivity contribution in [2.45, 2.75) is 77.7 Å². The zero-order valence-electron chi connectivity index (χ0n) is 19.3. The van der Waals surface area contributed by atoms with Gasteiger partial charge in [0.25, 0.3) is 5.91 Å². The Morgan fingerprint density at radius 3 is 2.50 bits per heavy atom. The van der Waals surface area contributed by atoms with E-state index in [4.69, 9.17) is 23.7 Å². The van der Waals surface area contributed by atoms with Crippen LogP contribution in [0.1, 0.15) is 65.1 Å². The van der Waals surface area contributed by atoms with E-state index in [1.807, 2.05) is 13.8 Å². The van der Waals surface area contributed by atoms with Crippen LogP contribution in [0.15, 0.2) is 15.0 Å². The van der Waals surface area contributed by atoms with Gasteiger partial charge in [-0.25, -0.2) is 9.69 Å². The van der Waals surface area contributed by atoms with E-state index < -0.39 is 41.8 Å². The number of esters is 1. The highest BCUT2D eigenvalue weighted by molar-refractivity contribution is 9.10. The van der Waals surface area contributed by atoms with Crippen LogP contribution < -0.4 is 0 Å². The quantitative estimate of drug-likeness (QED) is 0.368. The number of methoxy groups -OCH3 is 1. The maximum atomic E-state index is 13.5. The van der Waals surface area contributed by atoms with E-state index in [0.29, 0.717) is 29.5 Å². The van der Waals surface area contributed by atoms with Crippen molar-refractivity contribution in [1.29, 1.82) is 0 Å². The molecule has 2 rings (SSSR count). The smallest absolute Gasteiger partial charge is 0.417 e. The molecule has 1 N–H and O–H groups in total. The number of carbonyl (C=O) groups is 3. The normalized spacial score (nSPS) is 19.7. The van der Waals surface area contributed by atoms with Crippen molar-refractivity contribution < 1.29 is 38.1 Å². The third kappa shape index (κ3) is 5.71. The Labute approximate surface area is 196 Å². The van der Waals surface area contributed by atoms with Gasteiger partial charge in [0.1, 0.15) is 17.1 Å². The number of rotatable bonds is 10. The van der Waals surface area contributed by atoms with E-state index in [1.165, 1.54) is 14.0 Å². The summed E-state index contributed by atoms with van der Waals surface area (Å²) in [6.07, 6.45) is -1.47. The van der Waals surface area contributed by atoms with Crippen molar-refractivity contribution >= 4 is 33.9 Å². The first-order chi connectivity index (χ1) is 14.9. The number of unbranched alkanes of at least 4 members (excludes halogenated alkanes) is 1. The standard InChI is InChI=1S/C22H32BrNO8/c1-12(2)19-22(4,5)32-21(28)24(19)20(27)18(29-6)17(30-13(3)26)16-11-14(23)15(31-16)9-7-8-10-25/h11-12,17-19,25H,7-10H2,1-6H3/t17-,18+,19+/m0/s1. The maximum Gasteiger partial charge on any atom is 0.417 e. The van der Waals surface area contributed by atoms with Gasteiger partial charge in [-0.3, -0.25) is 9.59 Å². The zero-order chi connectivity index (χ0) is 24.2. The summed E-state index contributed by atoms with van der Waals surface area (Å²) in [5.41, 5.74) is -0.885. The van der Waals surface area contributed by atoms with Gasteiger partial charge in [0.05, 0.1) is 10.5 Å². The Morgan fingerprint density at radius 2 is 1.97 bits per heavy atom. The number of hydrogen-bond acceptors (Lipinski definition) is 8. The Balaban J connectivity index is 2.41. The number of furan rings is 1. The lowest BCUT2D eigenvalue weighted by molar-refractivity contribution is -0.165. The molecule has 1 aliphatic rings. The molecule has 2 heterocycles. The van der Waals surface area contributed by atoms with Gasteiger partial charge in [-0.2, -0.15) is 0 Å². The number of ether oxygens (including phenoxy) is 3. The summed E-state index contributed by atoms with van der Waals surface area (Å²) in [4.78, 5) is 39.0.